The zero-order valence-electron chi connectivity index (χ0n) is 13.7. The Labute approximate surface area is 154 Å². The number of aryl methyl sites for hydroxylation is 2. The van der Waals surface area contributed by atoms with Gasteiger partial charge in [0, 0.05) is 16.3 Å². The van der Waals surface area contributed by atoms with Crippen LogP contribution in [0.15, 0.2) is 52.1 Å². The number of halogens is 1. The van der Waals surface area contributed by atoms with Crippen molar-refractivity contribution in [1.82, 2.24) is 10.2 Å². The minimum Gasteiger partial charge on any atom is -0.411 e. The molecule has 0 fully saturated rings. The van der Waals surface area contributed by atoms with Crippen molar-refractivity contribution in [1.29, 1.82) is 0 Å². The highest BCUT2D eigenvalue weighted by molar-refractivity contribution is 7.99. The lowest BCUT2D eigenvalue weighted by Crippen LogP contribution is -2.14. The Morgan fingerprint density at radius 1 is 1.16 bits per heavy atom. The molecule has 0 bridgehead atoms. The molecule has 3 rings (SSSR count). The van der Waals surface area contributed by atoms with Crippen molar-refractivity contribution >= 4 is 35.0 Å². The van der Waals surface area contributed by atoms with E-state index in [-0.39, 0.29) is 11.7 Å². The molecule has 1 aromatic heterocycles. The molecule has 1 amide bonds. The standard InChI is InChI=1S/C18H16ClN3O2S/c1-11-3-8-15(12(2)9-11)20-16(23)10-25-18-22-21-17(24-18)13-4-6-14(19)7-5-13/h3-9H,10H2,1-2H3,(H,20,23). The quantitative estimate of drug-likeness (QED) is 0.654. The first kappa shape index (κ1) is 17.5. The largest absolute Gasteiger partial charge is 0.411 e. The Morgan fingerprint density at radius 2 is 1.92 bits per heavy atom. The van der Waals surface area contributed by atoms with Gasteiger partial charge in [0.1, 0.15) is 0 Å². The van der Waals surface area contributed by atoms with Crippen LogP contribution in [0.5, 0.6) is 0 Å². The maximum absolute atomic E-state index is 12.1. The topological polar surface area (TPSA) is 68.0 Å². The summed E-state index contributed by atoms with van der Waals surface area (Å²) in [5.74, 6) is 0.465. The third kappa shape index (κ3) is 4.61. The number of rotatable bonds is 5. The Bertz CT molecular complexity index is 894. The van der Waals surface area contributed by atoms with Crippen LogP contribution < -0.4 is 5.32 Å². The number of carbonyl (C=O) groups excluding carboxylic acids is 1. The highest BCUT2D eigenvalue weighted by atomic mass is 35.5. The minimum absolute atomic E-state index is 0.122. The molecule has 1 heterocycles. The summed E-state index contributed by atoms with van der Waals surface area (Å²) in [6, 6.07) is 13.0. The third-order valence-electron chi connectivity index (χ3n) is 3.48. The Balaban J connectivity index is 1.58. The molecule has 0 saturated heterocycles. The summed E-state index contributed by atoms with van der Waals surface area (Å²) in [5, 5.41) is 11.8. The fraction of sp³-hybridized carbons (Fsp3) is 0.167. The van der Waals surface area contributed by atoms with Gasteiger partial charge in [-0.15, -0.1) is 10.2 Å². The molecule has 0 aliphatic heterocycles. The Kier molecular flexibility index (Phi) is 5.40. The minimum atomic E-state index is -0.122. The van der Waals surface area contributed by atoms with Gasteiger partial charge in [-0.25, -0.2) is 0 Å². The monoisotopic (exact) mass is 373 g/mol. The molecular weight excluding hydrogens is 358 g/mol. The second kappa shape index (κ2) is 7.72. The van der Waals surface area contributed by atoms with E-state index in [0.717, 1.165) is 22.4 Å². The van der Waals surface area contributed by atoms with Crippen LogP contribution in [-0.4, -0.2) is 21.9 Å². The van der Waals surface area contributed by atoms with Crippen molar-refractivity contribution in [3.8, 4) is 11.5 Å². The molecule has 5 nitrogen and oxygen atoms in total. The van der Waals surface area contributed by atoms with E-state index in [1.54, 1.807) is 24.3 Å². The molecule has 0 aliphatic rings. The lowest BCUT2D eigenvalue weighted by Gasteiger charge is -2.08. The molecule has 25 heavy (non-hydrogen) atoms. The average Bonchev–Trinajstić information content (AvgIpc) is 3.05. The summed E-state index contributed by atoms with van der Waals surface area (Å²) < 4.78 is 5.57. The zero-order chi connectivity index (χ0) is 17.8. The molecule has 3 aromatic rings. The van der Waals surface area contributed by atoms with Gasteiger partial charge in [0.2, 0.25) is 11.8 Å². The van der Waals surface area contributed by atoms with Gasteiger partial charge < -0.3 is 9.73 Å². The zero-order valence-corrected chi connectivity index (χ0v) is 15.3. The molecule has 128 valence electrons. The molecular formula is C18H16ClN3O2S. The fourth-order valence-electron chi connectivity index (χ4n) is 2.24. The molecule has 0 saturated carbocycles. The van der Waals surface area contributed by atoms with Crippen molar-refractivity contribution in [2.45, 2.75) is 19.1 Å². The molecule has 0 radical (unpaired) electrons. The average molecular weight is 374 g/mol. The Morgan fingerprint density at radius 3 is 2.64 bits per heavy atom. The van der Waals surface area contributed by atoms with E-state index in [2.05, 4.69) is 15.5 Å². The van der Waals surface area contributed by atoms with E-state index in [0.29, 0.717) is 16.1 Å². The summed E-state index contributed by atoms with van der Waals surface area (Å²) >= 11 is 7.06. The van der Waals surface area contributed by atoms with Crippen LogP contribution >= 0.6 is 23.4 Å². The summed E-state index contributed by atoms with van der Waals surface area (Å²) in [7, 11) is 0. The van der Waals surface area contributed by atoms with Crippen LogP contribution in [0.3, 0.4) is 0 Å². The van der Waals surface area contributed by atoms with Crippen LogP contribution in [0.25, 0.3) is 11.5 Å². The lowest BCUT2D eigenvalue weighted by molar-refractivity contribution is -0.113. The third-order valence-corrected chi connectivity index (χ3v) is 4.55. The molecule has 2 aromatic carbocycles. The summed E-state index contributed by atoms with van der Waals surface area (Å²) in [5.41, 5.74) is 3.78. The van der Waals surface area contributed by atoms with Gasteiger partial charge in [-0.3, -0.25) is 4.79 Å². The van der Waals surface area contributed by atoms with E-state index < -0.39 is 0 Å². The first-order chi connectivity index (χ1) is 12.0. The number of anilines is 1. The number of amides is 1. The number of hydrogen-bond donors (Lipinski definition) is 1. The Hall–Kier alpha value is -2.31. The maximum Gasteiger partial charge on any atom is 0.277 e. The number of hydrogen-bond acceptors (Lipinski definition) is 5. The maximum atomic E-state index is 12.1. The second-order valence-corrected chi connectivity index (χ2v) is 6.90. The highest BCUT2D eigenvalue weighted by Crippen LogP contribution is 2.24. The van der Waals surface area contributed by atoms with Gasteiger partial charge >= 0.3 is 0 Å². The van der Waals surface area contributed by atoms with E-state index in [9.17, 15) is 4.79 Å². The summed E-state index contributed by atoms with van der Waals surface area (Å²) in [6.45, 7) is 3.98. The van der Waals surface area contributed by atoms with Crippen molar-refractivity contribution in [2.24, 2.45) is 0 Å². The predicted octanol–water partition coefficient (Wildman–Crippen LogP) is 4.74. The van der Waals surface area contributed by atoms with Gasteiger partial charge in [-0.2, -0.15) is 0 Å². The number of thioether (sulfide) groups is 1. The number of aromatic nitrogens is 2. The van der Waals surface area contributed by atoms with Crippen LogP contribution in [-0.2, 0) is 4.79 Å². The first-order valence-corrected chi connectivity index (χ1v) is 8.97. The van der Waals surface area contributed by atoms with E-state index in [1.807, 2.05) is 32.0 Å². The van der Waals surface area contributed by atoms with Crippen LogP contribution in [0.1, 0.15) is 11.1 Å². The second-order valence-electron chi connectivity index (χ2n) is 5.54. The van der Waals surface area contributed by atoms with Crippen molar-refractivity contribution in [3.05, 3.63) is 58.6 Å². The number of nitrogens with zero attached hydrogens (tertiary/aromatic N) is 2. The van der Waals surface area contributed by atoms with Gasteiger partial charge in [-0.1, -0.05) is 41.1 Å². The molecule has 0 atom stereocenters. The number of benzene rings is 2. The smallest absolute Gasteiger partial charge is 0.277 e. The molecule has 0 unspecified atom stereocenters. The van der Waals surface area contributed by atoms with E-state index in [1.165, 1.54) is 11.8 Å². The molecule has 7 heteroatoms. The highest BCUT2D eigenvalue weighted by Gasteiger charge is 2.12. The van der Waals surface area contributed by atoms with E-state index >= 15 is 0 Å². The van der Waals surface area contributed by atoms with Gasteiger partial charge in [0.15, 0.2) is 0 Å². The van der Waals surface area contributed by atoms with Crippen LogP contribution in [0, 0.1) is 13.8 Å². The van der Waals surface area contributed by atoms with Crippen LogP contribution in [0.2, 0.25) is 5.02 Å². The summed E-state index contributed by atoms with van der Waals surface area (Å²) in [6.07, 6.45) is 0. The first-order valence-electron chi connectivity index (χ1n) is 7.60. The fourth-order valence-corrected chi connectivity index (χ4v) is 2.93. The SMILES string of the molecule is Cc1ccc(NC(=O)CSc2nnc(-c3ccc(Cl)cc3)o2)c(C)c1. The lowest BCUT2D eigenvalue weighted by atomic mass is 10.1. The molecule has 1 N–H and O–H groups in total. The van der Waals surface area contributed by atoms with Gasteiger partial charge in [-0.05, 0) is 49.7 Å². The van der Waals surface area contributed by atoms with Crippen molar-refractivity contribution in [2.75, 3.05) is 11.1 Å². The normalized spacial score (nSPS) is 10.7. The van der Waals surface area contributed by atoms with Crippen molar-refractivity contribution < 1.29 is 9.21 Å². The number of carbonyl (C=O) groups is 1. The predicted molar refractivity (Wildman–Crippen MR) is 100 cm³/mol. The van der Waals surface area contributed by atoms with Crippen LogP contribution in [0.4, 0.5) is 5.69 Å². The van der Waals surface area contributed by atoms with Gasteiger partial charge in [0.25, 0.3) is 5.22 Å². The van der Waals surface area contributed by atoms with Gasteiger partial charge in [0.05, 0.1) is 5.75 Å². The summed E-state index contributed by atoms with van der Waals surface area (Å²) in [4.78, 5) is 12.1. The number of nitrogens with one attached hydrogen (secondary N) is 1. The molecule has 0 aliphatic carbocycles. The molecule has 0 spiro atoms. The van der Waals surface area contributed by atoms with Crippen molar-refractivity contribution in [3.63, 3.8) is 0 Å². The van der Waals surface area contributed by atoms with E-state index in [4.69, 9.17) is 16.0 Å².